The van der Waals surface area contributed by atoms with Crippen molar-refractivity contribution < 1.29 is 38.1 Å². The average Bonchev–Trinajstić information content (AvgIpc) is 2.48. The van der Waals surface area contributed by atoms with Gasteiger partial charge in [0.25, 0.3) is 0 Å². The molecule has 0 aliphatic heterocycles. The summed E-state index contributed by atoms with van der Waals surface area (Å²) in [5, 5.41) is 0. The van der Waals surface area contributed by atoms with Gasteiger partial charge in [-0.05, 0) is 65.8 Å². The molecule has 0 bridgehead atoms. The van der Waals surface area contributed by atoms with E-state index in [-0.39, 0.29) is 22.6 Å². The van der Waals surface area contributed by atoms with Crippen LogP contribution in [0.15, 0.2) is 24.3 Å². The molecule has 0 saturated heterocycles. The van der Waals surface area contributed by atoms with E-state index in [2.05, 4.69) is 0 Å². The summed E-state index contributed by atoms with van der Waals surface area (Å²) < 4.78 is 20.3. The predicted molar refractivity (Wildman–Crippen MR) is 98.0 cm³/mol. The topological polar surface area (TPSA) is 105 Å². The van der Waals surface area contributed by atoms with E-state index in [1.165, 1.54) is 12.1 Å². The summed E-state index contributed by atoms with van der Waals surface area (Å²) >= 11 is 0. The van der Waals surface area contributed by atoms with Crippen molar-refractivity contribution in [2.24, 2.45) is 0 Å². The zero-order valence-corrected chi connectivity index (χ0v) is 16.6. The largest absolute Gasteiger partial charge is 0.514 e. The van der Waals surface area contributed by atoms with E-state index in [0.717, 1.165) is 12.2 Å². The van der Waals surface area contributed by atoms with Crippen molar-refractivity contribution in [3.8, 4) is 11.5 Å². The summed E-state index contributed by atoms with van der Waals surface area (Å²) in [6, 6.07) is 2.49. The van der Waals surface area contributed by atoms with Crippen LogP contribution in [0.25, 0.3) is 0 Å². The molecule has 0 radical (unpaired) electrons. The molecule has 0 amide bonds. The van der Waals surface area contributed by atoms with Crippen LogP contribution in [0.2, 0.25) is 0 Å². The van der Waals surface area contributed by atoms with Crippen molar-refractivity contribution in [2.45, 2.75) is 52.7 Å². The van der Waals surface area contributed by atoms with Gasteiger partial charge in [0.05, 0.1) is 11.1 Å². The first-order chi connectivity index (χ1) is 12.8. The van der Waals surface area contributed by atoms with E-state index in [0.29, 0.717) is 0 Å². The van der Waals surface area contributed by atoms with Crippen LogP contribution in [0.1, 0.15) is 62.3 Å². The van der Waals surface area contributed by atoms with Gasteiger partial charge >= 0.3 is 12.3 Å². The quantitative estimate of drug-likeness (QED) is 0.545. The van der Waals surface area contributed by atoms with Crippen LogP contribution in [-0.4, -0.2) is 35.1 Å². The highest BCUT2D eigenvalue weighted by molar-refractivity contribution is 6.24. The Balaban J connectivity index is 2.40. The Kier molecular flexibility index (Phi) is 5.63. The maximum absolute atomic E-state index is 12.3. The van der Waals surface area contributed by atoms with Gasteiger partial charge in [-0.1, -0.05) is 0 Å². The lowest BCUT2D eigenvalue weighted by Gasteiger charge is -2.22. The molecule has 0 atom stereocenters. The Morgan fingerprint density at radius 2 is 1.00 bits per heavy atom. The number of rotatable bonds is 2. The standard InChI is InChI=1S/C20H22O8/c1-19(2,3)27-17(23)25-13-9-10-14(26-18(24)28-20(4,5)6)16-12(22)8-7-11(21)15(13)16/h7-10H,1-6H3. The summed E-state index contributed by atoms with van der Waals surface area (Å²) in [5.74, 6) is -1.52. The minimum absolute atomic E-state index is 0.177. The van der Waals surface area contributed by atoms with Gasteiger partial charge in [-0.25, -0.2) is 9.59 Å². The smallest absolute Gasteiger partial charge is 0.428 e. The number of ketones is 2. The zero-order valence-electron chi connectivity index (χ0n) is 16.6. The van der Waals surface area contributed by atoms with Gasteiger partial charge in [0.2, 0.25) is 0 Å². The molecule has 8 nitrogen and oxygen atoms in total. The molecular formula is C20H22O8. The average molecular weight is 390 g/mol. The molecule has 1 aliphatic carbocycles. The summed E-state index contributed by atoms with van der Waals surface area (Å²) in [6.07, 6.45) is 0.0175. The van der Waals surface area contributed by atoms with Crippen LogP contribution in [0.4, 0.5) is 9.59 Å². The highest BCUT2D eigenvalue weighted by atomic mass is 16.7. The summed E-state index contributed by atoms with van der Waals surface area (Å²) in [4.78, 5) is 48.6. The lowest BCUT2D eigenvalue weighted by molar-refractivity contribution is 0.0183. The number of carbonyl (C=O) groups excluding carboxylic acids is 4. The predicted octanol–water partition coefficient (Wildman–Crippen LogP) is 4.25. The molecule has 8 heteroatoms. The number of benzene rings is 1. The number of hydrogen-bond donors (Lipinski definition) is 0. The third-order valence-corrected chi connectivity index (χ3v) is 3.17. The van der Waals surface area contributed by atoms with Gasteiger partial charge in [0.1, 0.15) is 22.7 Å². The molecule has 0 heterocycles. The fourth-order valence-corrected chi connectivity index (χ4v) is 2.26. The summed E-state index contributed by atoms with van der Waals surface area (Å²) in [6.45, 7) is 9.91. The van der Waals surface area contributed by atoms with Crippen molar-refractivity contribution in [3.05, 3.63) is 35.4 Å². The second-order valence-corrected chi connectivity index (χ2v) is 8.01. The van der Waals surface area contributed by atoms with Gasteiger partial charge < -0.3 is 18.9 Å². The Hall–Kier alpha value is -3.16. The van der Waals surface area contributed by atoms with E-state index < -0.39 is 35.1 Å². The van der Waals surface area contributed by atoms with Crippen molar-refractivity contribution in [3.63, 3.8) is 0 Å². The monoisotopic (exact) mass is 390 g/mol. The Morgan fingerprint density at radius 1 is 0.679 bits per heavy atom. The lowest BCUT2D eigenvalue weighted by atomic mass is 9.93. The first-order valence-electron chi connectivity index (χ1n) is 8.52. The molecule has 0 saturated carbocycles. The molecular weight excluding hydrogens is 368 g/mol. The van der Waals surface area contributed by atoms with Crippen LogP contribution in [0, 0.1) is 0 Å². The minimum Gasteiger partial charge on any atom is -0.428 e. The van der Waals surface area contributed by atoms with Crippen LogP contribution in [0.5, 0.6) is 11.5 Å². The van der Waals surface area contributed by atoms with Crippen LogP contribution < -0.4 is 9.47 Å². The first-order valence-corrected chi connectivity index (χ1v) is 8.52. The van der Waals surface area contributed by atoms with Crippen LogP contribution >= 0.6 is 0 Å². The molecule has 1 aliphatic rings. The molecule has 0 aromatic heterocycles. The van der Waals surface area contributed by atoms with E-state index in [9.17, 15) is 19.2 Å². The normalized spacial score (nSPS) is 13.6. The highest BCUT2D eigenvalue weighted by Gasteiger charge is 2.31. The van der Waals surface area contributed by atoms with E-state index >= 15 is 0 Å². The molecule has 150 valence electrons. The molecule has 1 aromatic carbocycles. The van der Waals surface area contributed by atoms with Crippen LogP contribution in [-0.2, 0) is 9.47 Å². The second kappa shape index (κ2) is 7.46. The number of allylic oxidation sites excluding steroid dienone is 2. The van der Waals surface area contributed by atoms with Crippen molar-refractivity contribution in [1.82, 2.24) is 0 Å². The van der Waals surface area contributed by atoms with Crippen molar-refractivity contribution >= 4 is 23.9 Å². The summed E-state index contributed by atoms with van der Waals surface area (Å²) in [5.41, 5.74) is -2.01. The molecule has 28 heavy (non-hydrogen) atoms. The molecule has 0 unspecified atom stereocenters. The molecule has 1 aromatic rings. The van der Waals surface area contributed by atoms with Gasteiger partial charge in [-0.3, -0.25) is 9.59 Å². The fraction of sp³-hybridized carbons (Fsp3) is 0.400. The number of hydrogen-bond acceptors (Lipinski definition) is 8. The highest BCUT2D eigenvalue weighted by Crippen LogP contribution is 2.35. The minimum atomic E-state index is -1.04. The van der Waals surface area contributed by atoms with Gasteiger partial charge in [0, 0.05) is 0 Å². The Labute approximate surface area is 162 Å². The third-order valence-electron chi connectivity index (χ3n) is 3.17. The van der Waals surface area contributed by atoms with Crippen LogP contribution in [0.3, 0.4) is 0 Å². The Bertz CT molecular complexity index is 794. The SMILES string of the molecule is CC(C)(C)OC(=O)Oc1ccc(OC(=O)OC(C)(C)C)c2c1C(=O)C=CC2=O. The molecule has 0 fully saturated rings. The van der Waals surface area contributed by atoms with Gasteiger partial charge in [0.15, 0.2) is 11.6 Å². The second-order valence-electron chi connectivity index (χ2n) is 8.01. The maximum atomic E-state index is 12.3. The number of ether oxygens (including phenoxy) is 4. The van der Waals surface area contributed by atoms with Gasteiger partial charge in [-0.2, -0.15) is 0 Å². The lowest BCUT2D eigenvalue weighted by Crippen LogP contribution is -2.28. The van der Waals surface area contributed by atoms with Gasteiger partial charge in [-0.15, -0.1) is 0 Å². The van der Waals surface area contributed by atoms with E-state index in [1.807, 2.05) is 0 Å². The molecule has 2 rings (SSSR count). The molecule has 0 spiro atoms. The summed E-state index contributed by atoms with van der Waals surface area (Å²) in [7, 11) is 0. The van der Waals surface area contributed by atoms with Crippen molar-refractivity contribution in [1.29, 1.82) is 0 Å². The third kappa shape index (κ3) is 5.42. The first kappa shape index (κ1) is 21.1. The van der Waals surface area contributed by atoms with E-state index in [4.69, 9.17) is 18.9 Å². The molecule has 0 N–H and O–H groups in total. The zero-order chi connectivity index (χ0) is 21.3. The van der Waals surface area contributed by atoms with E-state index in [1.54, 1.807) is 41.5 Å². The van der Waals surface area contributed by atoms with Crippen molar-refractivity contribution in [2.75, 3.05) is 0 Å². The maximum Gasteiger partial charge on any atom is 0.514 e. The number of carbonyl (C=O) groups is 4. The fourth-order valence-electron chi connectivity index (χ4n) is 2.26. The number of fused-ring (bicyclic) bond motifs is 1. The Morgan fingerprint density at radius 3 is 1.29 bits per heavy atom.